The van der Waals surface area contributed by atoms with Crippen LogP contribution in [-0.4, -0.2) is 42.6 Å². The number of likely N-dealkylation sites (N-methyl/N-ethyl adjacent to an activating group) is 1. The summed E-state index contributed by atoms with van der Waals surface area (Å²) in [7, 11) is 5.21. The number of ether oxygens (including phenoxy) is 1. The molecule has 1 aromatic carbocycles. The van der Waals surface area contributed by atoms with Crippen LogP contribution in [0.3, 0.4) is 0 Å². The molecular formula is C13H19N2O2+. The van der Waals surface area contributed by atoms with Crippen molar-refractivity contribution in [3.05, 3.63) is 30.0 Å². The highest BCUT2D eigenvalue weighted by atomic mass is 16.5. The Balaban J connectivity index is 2.28. The van der Waals surface area contributed by atoms with Crippen molar-refractivity contribution in [3.8, 4) is 5.75 Å². The average Bonchev–Trinajstić information content (AvgIpc) is 2.67. The molecule has 0 amide bonds. The van der Waals surface area contributed by atoms with E-state index in [1.165, 1.54) is 5.56 Å². The monoisotopic (exact) mass is 235 g/mol. The maximum Gasteiger partial charge on any atom is 0.119 e. The molecule has 0 unspecified atom stereocenters. The second-order valence-electron chi connectivity index (χ2n) is 4.82. The molecule has 0 fully saturated rings. The number of hydrogen-bond donors (Lipinski definition) is 2. The minimum Gasteiger partial charge on any atom is -0.497 e. The Morgan fingerprint density at radius 1 is 1.35 bits per heavy atom. The third-order valence-corrected chi connectivity index (χ3v) is 2.90. The molecule has 0 saturated heterocycles. The quantitative estimate of drug-likeness (QED) is 0.630. The van der Waals surface area contributed by atoms with E-state index in [4.69, 9.17) is 4.74 Å². The molecule has 17 heavy (non-hydrogen) atoms. The first-order valence-corrected chi connectivity index (χ1v) is 5.69. The van der Waals surface area contributed by atoms with Crippen LogP contribution in [0.25, 0.3) is 10.9 Å². The van der Waals surface area contributed by atoms with Gasteiger partial charge in [0.15, 0.2) is 0 Å². The lowest BCUT2D eigenvalue weighted by atomic mass is 10.1. The maximum atomic E-state index is 9.69. The van der Waals surface area contributed by atoms with E-state index in [9.17, 15) is 5.21 Å². The number of aromatic nitrogens is 1. The highest BCUT2D eigenvalue weighted by Gasteiger charge is 2.13. The summed E-state index contributed by atoms with van der Waals surface area (Å²) in [5, 5.41) is 10.9. The van der Waals surface area contributed by atoms with Gasteiger partial charge < -0.3 is 9.72 Å². The molecule has 1 heterocycles. The summed E-state index contributed by atoms with van der Waals surface area (Å²) in [4.78, 5) is 3.23. The molecule has 4 nitrogen and oxygen atoms in total. The summed E-state index contributed by atoms with van der Waals surface area (Å²) in [6.45, 7) is 0.685. The molecule has 2 N–H and O–H groups in total. The Kier molecular flexibility index (Phi) is 3.09. The molecule has 0 bridgehead atoms. The van der Waals surface area contributed by atoms with Gasteiger partial charge in [0.05, 0.1) is 21.2 Å². The second kappa shape index (κ2) is 4.39. The molecular weight excluding hydrogens is 216 g/mol. The van der Waals surface area contributed by atoms with Crippen molar-refractivity contribution < 1.29 is 14.6 Å². The van der Waals surface area contributed by atoms with Crippen molar-refractivity contribution in [3.63, 3.8) is 0 Å². The first kappa shape index (κ1) is 12.0. The van der Waals surface area contributed by atoms with E-state index in [2.05, 4.69) is 4.98 Å². The molecule has 0 aliphatic carbocycles. The highest BCUT2D eigenvalue weighted by molar-refractivity contribution is 5.84. The van der Waals surface area contributed by atoms with E-state index in [0.717, 1.165) is 23.1 Å². The number of nitrogens with zero attached hydrogens (tertiary/aromatic N) is 1. The molecule has 0 saturated carbocycles. The van der Waals surface area contributed by atoms with Crippen molar-refractivity contribution in [2.24, 2.45) is 0 Å². The summed E-state index contributed by atoms with van der Waals surface area (Å²) in [5.74, 6) is 0.857. The van der Waals surface area contributed by atoms with E-state index in [1.807, 2.05) is 24.4 Å². The smallest absolute Gasteiger partial charge is 0.119 e. The van der Waals surface area contributed by atoms with Crippen LogP contribution in [0.15, 0.2) is 24.4 Å². The van der Waals surface area contributed by atoms with Gasteiger partial charge in [0, 0.05) is 23.5 Å². The number of rotatable bonds is 4. The molecule has 1 aromatic heterocycles. The zero-order valence-electron chi connectivity index (χ0n) is 10.5. The predicted octanol–water partition coefficient (Wildman–Crippen LogP) is 2.18. The third-order valence-electron chi connectivity index (χ3n) is 2.90. The summed E-state index contributed by atoms with van der Waals surface area (Å²) in [5.41, 5.74) is 2.31. The fourth-order valence-corrected chi connectivity index (χ4v) is 1.89. The maximum absolute atomic E-state index is 9.69. The Morgan fingerprint density at radius 3 is 2.76 bits per heavy atom. The lowest BCUT2D eigenvalue weighted by Crippen LogP contribution is -2.37. The standard InChI is InChI=1S/C13H19N2O2/c1-15(2,16)7-6-10-9-14-13-5-4-11(17-3)8-12(10)13/h4-5,8-9,14,16H,6-7H2,1-3H3/q+1. The van der Waals surface area contributed by atoms with Crippen molar-refractivity contribution in [1.29, 1.82) is 0 Å². The number of fused-ring (bicyclic) bond motifs is 1. The van der Waals surface area contributed by atoms with Crippen LogP contribution in [0.1, 0.15) is 5.56 Å². The van der Waals surface area contributed by atoms with E-state index < -0.39 is 0 Å². The number of methoxy groups -OCH3 is 1. The van der Waals surface area contributed by atoms with Gasteiger partial charge >= 0.3 is 0 Å². The number of nitrogens with one attached hydrogen (secondary N) is 1. The largest absolute Gasteiger partial charge is 0.497 e. The average molecular weight is 235 g/mol. The number of hydrogen-bond acceptors (Lipinski definition) is 2. The molecule has 0 aliphatic rings. The Labute approximate surface area is 101 Å². The minimum atomic E-state index is -0.0172. The molecule has 0 atom stereocenters. The topological polar surface area (TPSA) is 45.2 Å². The first-order valence-electron chi connectivity index (χ1n) is 5.69. The van der Waals surface area contributed by atoms with E-state index in [0.29, 0.717) is 6.54 Å². The van der Waals surface area contributed by atoms with Gasteiger partial charge in [0.1, 0.15) is 12.3 Å². The molecule has 4 heteroatoms. The molecule has 2 rings (SSSR count). The summed E-state index contributed by atoms with van der Waals surface area (Å²) >= 11 is 0. The van der Waals surface area contributed by atoms with Crippen LogP contribution in [0.4, 0.5) is 0 Å². The van der Waals surface area contributed by atoms with Gasteiger partial charge in [-0.2, -0.15) is 4.65 Å². The van der Waals surface area contributed by atoms with Gasteiger partial charge in [-0.05, 0) is 23.8 Å². The molecule has 0 radical (unpaired) electrons. The van der Waals surface area contributed by atoms with Gasteiger partial charge in [-0.1, -0.05) is 0 Å². The lowest BCUT2D eigenvalue weighted by Gasteiger charge is -2.18. The minimum absolute atomic E-state index is 0.0172. The number of hydroxylamine groups is 3. The zero-order valence-corrected chi connectivity index (χ0v) is 10.5. The fraction of sp³-hybridized carbons (Fsp3) is 0.385. The Morgan fingerprint density at radius 2 is 2.12 bits per heavy atom. The fourth-order valence-electron chi connectivity index (χ4n) is 1.89. The predicted molar refractivity (Wildman–Crippen MR) is 67.3 cm³/mol. The van der Waals surface area contributed by atoms with Crippen LogP contribution in [0, 0.1) is 0 Å². The number of quaternary nitrogens is 1. The second-order valence-corrected chi connectivity index (χ2v) is 4.82. The highest BCUT2D eigenvalue weighted by Crippen LogP contribution is 2.24. The van der Waals surface area contributed by atoms with E-state index in [-0.39, 0.29) is 4.65 Å². The van der Waals surface area contributed by atoms with E-state index in [1.54, 1.807) is 21.2 Å². The molecule has 0 spiro atoms. The van der Waals surface area contributed by atoms with Crippen LogP contribution < -0.4 is 4.74 Å². The van der Waals surface area contributed by atoms with Crippen molar-refractivity contribution in [1.82, 2.24) is 4.98 Å². The normalized spacial score (nSPS) is 12.0. The molecule has 2 aromatic rings. The zero-order chi connectivity index (χ0) is 12.5. The molecule has 92 valence electrons. The van der Waals surface area contributed by atoms with Gasteiger partial charge in [0.25, 0.3) is 0 Å². The SMILES string of the molecule is COc1ccc2[nH]cc(CC[N+](C)(C)O)c2c1. The summed E-state index contributed by atoms with van der Waals surface area (Å²) in [6, 6.07) is 5.98. The van der Waals surface area contributed by atoms with Gasteiger partial charge in [0.2, 0.25) is 0 Å². The van der Waals surface area contributed by atoms with E-state index >= 15 is 0 Å². The number of benzene rings is 1. The third kappa shape index (κ3) is 2.78. The first-order chi connectivity index (χ1) is 7.99. The van der Waals surface area contributed by atoms with Crippen LogP contribution in [0.2, 0.25) is 0 Å². The van der Waals surface area contributed by atoms with Gasteiger partial charge in [-0.15, -0.1) is 0 Å². The van der Waals surface area contributed by atoms with Crippen LogP contribution in [0.5, 0.6) is 5.75 Å². The van der Waals surface area contributed by atoms with Crippen LogP contribution in [-0.2, 0) is 6.42 Å². The lowest BCUT2D eigenvalue weighted by molar-refractivity contribution is -1.07. The Bertz CT molecular complexity index is 512. The molecule has 0 aliphatic heterocycles. The summed E-state index contributed by atoms with van der Waals surface area (Å²) in [6.07, 6.45) is 2.83. The van der Waals surface area contributed by atoms with Crippen molar-refractivity contribution >= 4 is 10.9 Å². The summed E-state index contributed by atoms with van der Waals surface area (Å²) < 4.78 is 5.21. The number of H-pyrrole nitrogens is 1. The van der Waals surface area contributed by atoms with Crippen molar-refractivity contribution in [2.45, 2.75) is 6.42 Å². The van der Waals surface area contributed by atoms with Crippen molar-refractivity contribution in [2.75, 3.05) is 27.7 Å². The van der Waals surface area contributed by atoms with Gasteiger partial charge in [-0.3, -0.25) is 0 Å². The number of aromatic amines is 1. The van der Waals surface area contributed by atoms with Gasteiger partial charge in [-0.25, -0.2) is 5.21 Å². The Hall–Kier alpha value is -1.52. The van der Waals surface area contributed by atoms with Crippen LogP contribution >= 0.6 is 0 Å².